The molecule has 1 fully saturated rings. The van der Waals surface area contributed by atoms with Gasteiger partial charge in [0, 0.05) is 6.04 Å². The minimum Gasteiger partial charge on any atom is -0.271 e. The van der Waals surface area contributed by atoms with E-state index in [2.05, 4.69) is 12.3 Å². The summed E-state index contributed by atoms with van der Waals surface area (Å²) in [7, 11) is 0. The van der Waals surface area contributed by atoms with Crippen molar-refractivity contribution in [3.8, 4) is 0 Å². The molecule has 0 aliphatic heterocycles. The topological polar surface area (TPSA) is 38.0 Å². The van der Waals surface area contributed by atoms with Gasteiger partial charge in [-0.2, -0.15) is 0 Å². The van der Waals surface area contributed by atoms with E-state index in [0.29, 0.717) is 6.04 Å². The van der Waals surface area contributed by atoms with Crippen LogP contribution in [-0.2, 0) is 0 Å². The molecule has 0 aromatic rings. The number of hydrogen-bond donors (Lipinski definition) is 2. The summed E-state index contributed by atoms with van der Waals surface area (Å²) in [4.78, 5) is 0. The van der Waals surface area contributed by atoms with Crippen LogP contribution in [0.15, 0.2) is 0 Å². The van der Waals surface area contributed by atoms with Crippen molar-refractivity contribution in [2.75, 3.05) is 0 Å². The third-order valence-corrected chi connectivity index (χ3v) is 2.58. The molecule has 0 spiro atoms. The van der Waals surface area contributed by atoms with E-state index in [-0.39, 0.29) is 0 Å². The molecule has 0 saturated heterocycles. The lowest BCUT2D eigenvalue weighted by molar-refractivity contribution is 0.363. The standard InChI is InChI=1S/C8H18N2/c1-7-5-3-2-4-6-8(7)10-9/h7-8,10H,2-6,9H2,1H3. The predicted octanol–water partition coefficient (Wildman–Crippen LogP) is 1.42. The van der Waals surface area contributed by atoms with Crippen molar-refractivity contribution < 1.29 is 0 Å². The molecule has 2 atom stereocenters. The third-order valence-electron chi connectivity index (χ3n) is 2.58. The van der Waals surface area contributed by atoms with Gasteiger partial charge in [0.25, 0.3) is 0 Å². The average molecular weight is 142 g/mol. The Morgan fingerprint density at radius 1 is 1.20 bits per heavy atom. The molecule has 0 bridgehead atoms. The van der Waals surface area contributed by atoms with Crippen LogP contribution in [0.1, 0.15) is 39.0 Å². The zero-order chi connectivity index (χ0) is 7.40. The van der Waals surface area contributed by atoms with Crippen LogP contribution < -0.4 is 11.3 Å². The quantitative estimate of drug-likeness (QED) is 0.330. The summed E-state index contributed by atoms with van der Waals surface area (Å²) in [6.45, 7) is 2.29. The van der Waals surface area contributed by atoms with E-state index in [1.807, 2.05) is 0 Å². The van der Waals surface area contributed by atoms with Crippen LogP contribution in [0, 0.1) is 5.92 Å². The molecule has 10 heavy (non-hydrogen) atoms. The van der Waals surface area contributed by atoms with Crippen LogP contribution in [0.2, 0.25) is 0 Å². The summed E-state index contributed by atoms with van der Waals surface area (Å²) in [6, 6.07) is 0.572. The number of hydrogen-bond acceptors (Lipinski definition) is 2. The van der Waals surface area contributed by atoms with Gasteiger partial charge in [-0.25, -0.2) is 0 Å². The van der Waals surface area contributed by atoms with Crippen molar-refractivity contribution in [2.24, 2.45) is 11.8 Å². The smallest absolute Gasteiger partial charge is 0.0236 e. The minimum absolute atomic E-state index is 0.572. The monoisotopic (exact) mass is 142 g/mol. The summed E-state index contributed by atoms with van der Waals surface area (Å²) >= 11 is 0. The molecule has 2 heteroatoms. The van der Waals surface area contributed by atoms with Gasteiger partial charge >= 0.3 is 0 Å². The van der Waals surface area contributed by atoms with Crippen molar-refractivity contribution in [2.45, 2.75) is 45.1 Å². The van der Waals surface area contributed by atoms with Crippen molar-refractivity contribution in [1.29, 1.82) is 0 Å². The third kappa shape index (κ3) is 1.96. The highest BCUT2D eigenvalue weighted by Gasteiger charge is 2.17. The molecule has 2 nitrogen and oxygen atoms in total. The first-order valence-corrected chi connectivity index (χ1v) is 4.30. The summed E-state index contributed by atoms with van der Waals surface area (Å²) in [6.07, 6.45) is 6.73. The van der Waals surface area contributed by atoms with Crippen LogP contribution in [0.5, 0.6) is 0 Å². The second kappa shape index (κ2) is 3.94. The van der Waals surface area contributed by atoms with Gasteiger partial charge in [0.15, 0.2) is 0 Å². The average Bonchev–Trinajstić information content (AvgIpc) is 2.13. The Morgan fingerprint density at radius 2 is 1.90 bits per heavy atom. The van der Waals surface area contributed by atoms with E-state index in [9.17, 15) is 0 Å². The first kappa shape index (κ1) is 8.02. The normalized spacial score (nSPS) is 35.4. The maximum absolute atomic E-state index is 5.41. The molecule has 1 saturated carbocycles. The Hall–Kier alpha value is -0.0800. The van der Waals surface area contributed by atoms with Crippen LogP contribution in [0.4, 0.5) is 0 Å². The molecule has 2 unspecified atom stereocenters. The molecule has 0 aromatic carbocycles. The van der Waals surface area contributed by atoms with Gasteiger partial charge in [-0.05, 0) is 18.8 Å². The molecule has 1 aliphatic rings. The largest absolute Gasteiger partial charge is 0.271 e. The van der Waals surface area contributed by atoms with E-state index in [1.165, 1.54) is 32.1 Å². The maximum Gasteiger partial charge on any atom is 0.0236 e. The highest BCUT2D eigenvalue weighted by Crippen LogP contribution is 2.21. The lowest BCUT2D eigenvalue weighted by Gasteiger charge is -2.19. The molecular weight excluding hydrogens is 124 g/mol. The van der Waals surface area contributed by atoms with Crippen LogP contribution in [0.3, 0.4) is 0 Å². The Morgan fingerprint density at radius 3 is 2.60 bits per heavy atom. The van der Waals surface area contributed by atoms with E-state index in [0.717, 1.165) is 5.92 Å². The summed E-state index contributed by atoms with van der Waals surface area (Å²) in [5.41, 5.74) is 2.89. The Kier molecular flexibility index (Phi) is 3.16. The Labute approximate surface area is 63.1 Å². The minimum atomic E-state index is 0.572. The van der Waals surface area contributed by atoms with Gasteiger partial charge in [-0.1, -0.05) is 26.2 Å². The Balaban J connectivity index is 2.35. The van der Waals surface area contributed by atoms with Crippen LogP contribution in [-0.4, -0.2) is 6.04 Å². The molecular formula is C8H18N2. The molecule has 0 aromatic heterocycles. The molecule has 1 aliphatic carbocycles. The highest BCUT2D eigenvalue weighted by atomic mass is 15.2. The van der Waals surface area contributed by atoms with Gasteiger partial charge in [-0.3, -0.25) is 11.3 Å². The zero-order valence-electron chi connectivity index (χ0n) is 6.77. The number of nitrogens with two attached hydrogens (primary N) is 1. The van der Waals surface area contributed by atoms with E-state index in [4.69, 9.17) is 5.84 Å². The molecule has 60 valence electrons. The fourth-order valence-corrected chi connectivity index (χ4v) is 1.74. The summed E-state index contributed by atoms with van der Waals surface area (Å²) in [5.74, 6) is 6.18. The van der Waals surface area contributed by atoms with Crippen molar-refractivity contribution in [3.63, 3.8) is 0 Å². The zero-order valence-corrected chi connectivity index (χ0v) is 6.77. The highest BCUT2D eigenvalue weighted by molar-refractivity contribution is 4.73. The Bertz CT molecular complexity index is 93.3. The number of nitrogens with one attached hydrogen (secondary N) is 1. The lowest BCUT2D eigenvalue weighted by atomic mass is 9.98. The predicted molar refractivity (Wildman–Crippen MR) is 43.4 cm³/mol. The summed E-state index contributed by atoms with van der Waals surface area (Å²) in [5, 5.41) is 0. The number of hydrazine groups is 1. The molecule has 0 heterocycles. The fourth-order valence-electron chi connectivity index (χ4n) is 1.74. The SMILES string of the molecule is CC1CCCCCC1NN. The van der Waals surface area contributed by atoms with Crippen LogP contribution >= 0.6 is 0 Å². The van der Waals surface area contributed by atoms with Gasteiger partial charge in [-0.15, -0.1) is 0 Å². The first-order chi connectivity index (χ1) is 4.84. The fraction of sp³-hybridized carbons (Fsp3) is 1.00. The van der Waals surface area contributed by atoms with Crippen molar-refractivity contribution >= 4 is 0 Å². The van der Waals surface area contributed by atoms with Gasteiger partial charge in [0.1, 0.15) is 0 Å². The van der Waals surface area contributed by atoms with Gasteiger partial charge in [0.05, 0.1) is 0 Å². The maximum atomic E-state index is 5.41. The molecule has 1 rings (SSSR count). The van der Waals surface area contributed by atoms with Gasteiger partial charge < -0.3 is 0 Å². The van der Waals surface area contributed by atoms with Crippen molar-refractivity contribution in [3.05, 3.63) is 0 Å². The van der Waals surface area contributed by atoms with E-state index < -0.39 is 0 Å². The summed E-state index contributed by atoms with van der Waals surface area (Å²) < 4.78 is 0. The van der Waals surface area contributed by atoms with E-state index >= 15 is 0 Å². The molecule has 0 amide bonds. The second-order valence-electron chi connectivity index (χ2n) is 3.39. The van der Waals surface area contributed by atoms with Crippen molar-refractivity contribution in [1.82, 2.24) is 5.43 Å². The lowest BCUT2D eigenvalue weighted by Crippen LogP contribution is -2.39. The van der Waals surface area contributed by atoms with Gasteiger partial charge in [0.2, 0.25) is 0 Å². The second-order valence-corrected chi connectivity index (χ2v) is 3.39. The molecule has 0 radical (unpaired) electrons. The van der Waals surface area contributed by atoms with Crippen LogP contribution in [0.25, 0.3) is 0 Å². The first-order valence-electron chi connectivity index (χ1n) is 4.30. The molecule has 3 N–H and O–H groups in total. The number of rotatable bonds is 1. The van der Waals surface area contributed by atoms with E-state index in [1.54, 1.807) is 0 Å².